The third-order valence-corrected chi connectivity index (χ3v) is 11.5. The lowest BCUT2D eigenvalue weighted by atomic mass is 9.64. The van der Waals surface area contributed by atoms with Crippen LogP contribution in [0.5, 0.6) is 0 Å². The third-order valence-electron chi connectivity index (χ3n) is 11.5. The van der Waals surface area contributed by atoms with Gasteiger partial charge in [-0.2, -0.15) is 0 Å². The zero-order valence-corrected chi connectivity index (χ0v) is 26.0. The number of rotatable bonds is 9. The average Bonchev–Trinajstić information content (AvgIpc) is 3.01. The molecule has 0 spiro atoms. The Balaban J connectivity index is 1.26. The zero-order valence-electron chi connectivity index (χ0n) is 26.0. The van der Waals surface area contributed by atoms with Crippen LogP contribution in [0.2, 0.25) is 0 Å². The molecular formula is C33H53FN4O4. The number of carbonyl (C=O) groups is 2. The molecule has 6 rings (SSSR count). The summed E-state index contributed by atoms with van der Waals surface area (Å²) in [6.07, 6.45) is 9.55. The molecule has 6 aliphatic rings. The van der Waals surface area contributed by atoms with Gasteiger partial charge in [0, 0.05) is 31.2 Å². The van der Waals surface area contributed by atoms with Gasteiger partial charge in [0.1, 0.15) is 6.17 Å². The number of hydrogen-bond donors (Lipinski definition) is 1. The number of nitrogens with zero attached hydrogens (tertiary/aromatic N) is 3. The number of carbonyl (C=O) groups excluding carboxylic acids is 2. The molecule has 3 aliphatic carbocycles. The highest BCUT2D eigenvalue weighted by atomic mass is 19.1. The molecule has 1 N–H and O–H groups in total. The molecule has 236 valence electrons. The van der Waals surface area contributed by atoms with Crippen molar-refractivity contribution in [3.8, 4) is 0 Å². The Kier molecular flexibility index (Phi) is 9.58. The molecule has 0 bridgehead atoms. The molecule has 0 aromatic heterocycles. The Morgan fingerprint density at radius 1 is 1.12 bits per heavy atom. The van der Waals surface area contributed by atoms with Gasteiger partial charge in [-0.15, -0.1) is 0 Å². The van der Waals surface area contributed by atoms with Gasteiger partial charge in [-0.1, -0.05) is 39.5 Å². The van der Waals surface area contributed by atoms with Crippen LogP contribution in [0.3, 0.4) is 0 Å². The van der Waals surface area contributed by atoms with Crippen LogP contribution in [0.15, 0.2) is 11.8 Å². The molecule has 3 saturated carbocycles. The quantitative estimate of drug-likeness (QED) is 0.413. The standard InChI is InChI=1S/C33H53FN4O4/c1-4-36(5-2)12-8-9-21(3)35-29-26(34)19-24-30-32(29)42-28-18-23-11-7-6-10-22(23)17-27(28)38(30)20-25(31(24)39)33(40)37-13-15-41-16-14-37/h20-24,26-30,32,35H,4-19H2,1-3H3. The van der Waals surface area contributed by atoms with Gasteiger partial charge < -0.3 is 29.5 Å². The predicted octanol–water partition coefficient (Wildman–Crippen LogP) is 3.55. The molecule has 0 aromatic carbocycles. The van der Waals surface area contributed by atoms with Gasteiger partial charge in [0.15, 0.2) is 5.78 Å². The lowest BCUT2D eigenvalue weighted by Crippen LogP contribution is -2.73. The number of Topliss-reactive ketones (excluding diaryl/α,β-unsaturated/α-hetero) is 1. The first-order valence-corrected chi connectivity index (χ1v) is 17.1. The summed E-state index contributed by atoms with van der Waals surface area (Å²) in [4.78, 5) is 34.2. The summed E-state index contributed by atoms with van der Waals surface area (Å²) in [6.45, 7) is 11.6. The van der Waals surface area contributed by atoms with E-state index in [1.165, 1.54) is 25.7 Å². The number of nitrogens with one attached hydrogen (secondary N) is 1. The van der Waals surface area contributed by atoms with Gasteiger partial charge in [-0.05, 0) is 70.5 Å². The fourth-order valence-corrected chi connectivity index (χ4v) is 9.15. The number of amides is 1. The van der Waals surface area contributed by atoms with Crippen molar-refractivity contribution >= 4 is 11.7 Å². The summed E-state index contributed by atoms with van der Waals surface area (Å²) >= 11 is 0. The maximum Gasteiger partial charge on any atom is 0.259 e. The van der Waals surface area contributed by atoms with Gasteiger partial charge in [-0.3, -0.25) is 9.59 Å². The second kappa shape index (κ2) is 13.2. The van der Waals surface area contributed by atoms with Crippen LogP contribution in [-0.4, -0.2) is 115 Å². The highest BCUT2D eigenvalue weighted by Gasteiger charge is 2.60. The van der Waals surface area contributed by atoms with Gasteiger partial charge in [0.2, 0.25) is 0 Å². The van der Waals surface area contributed by atoms with Crippen LogP contribution in [0.25, 0.3) is 0 Å². The van der Waals surface area contributed by atoms with Crippen LogP contribution in [0, 0.1) is 17.8 Å². The zero-order chi connectivity index (χ0) is 29.4. The molecule has 10 atom stereocenters. The number of hydrogen-bond acceptors (Lipinski definition) is 7. The van der Waals surface area contributed by atoms with E-state index in [1.54, 1.807) is 4.90 Å². The molecule has 9 heteroatoms. The molecule has 0 radical (unpaired) electrons. The van der Waals surface area contributed by atoms with Crippen molar-refractivity contribution in [2.24, 2.45) is 17.8 Å². The predicted molar refractivity (Wildman–Crippen MR) is 160 cm³/mol. The Morgan fingerprint density at radius 3 is 2.55 bits per heavy atom. The van der Waals surface area contributed by atoms with Crippen LogP contribution >= 0.6 is 0 Å². The Labute approximate surface area is 251 Å². The molecule has 3 heterocycles. The summed E-state index contributed by atoms with van der Waals surface area (Å²) in [5.41, 5.74) is 0.242. The first-order chi connectivity index (χ1) is 20.4. The van der Waals surface area contributed by atoms with Gasteiger partial charge >= 0.3 is 0 Å². The first kappa shape index (κ1) is 30.5. The van der Waals surface area contributed by atoms with Crippen molar-refractivity contribution in [2.75, 3.05) is 45.9 Å². The Bertz CT molecular complexity index is 1000. The summed E-state index contributed by atoms with van der Waals surface area (Å²) < 4.78 is 28.6. The number of morpholine rings is 2. The van der Waals surface area contributed by atoms with E-state index in [-0.39, 0.29) is 47.9 Å². The number of ketones is 1. The second-order valence-corrected chi connectivity index (χ2v) is 13.9. The van der Waals surface area contributed by atoms with E-state index >= 15 is 4.39 Å². The maximum atomic E-state index is 16.2. The van der Waals surface area contributed by atoms with Crippen molar-refractivity contribution in [3.05, 3.63) is 11.8 Å². The van der Waals surface area contributed by atoms with Crippen molar-refractivity contribution in [1.82, 2.24) is 20.0 Å². The first-order valence-electron chi connectivity index (χ1n) is 17.1. The number of fused-ring (bicyclic) bond motifs is 3. The van der Waals surface area contributed by atoms with E-state index in [0.29, 0.717) is 38.1 Å². The minimum atomic E-state index is -1.20. The third kappa shape index (κ3) is 5.92. The summed E-state index contributed by atoms with van der Waals surface area (Å²) in [5.74, 6) is 0.355. The van der Waals surface area contributed by atoms with Crippen molar-refractivity contribution in [3.63, 3.8) is 0 Å². The molecule has 42 heavy (non-hydrogen) atoms. The van der Waals surface area contributed by atoms with E-state index in [2.05, 4.69) is 35.9 Å². The number of halogens is 1. The molecule has 10 unspecified atom stereocenters. The minimum Gasteiger partial charge on any atom is -0.378 e. The largest absolute Gasteiger partial charge is 0.378 e. The minimum absolute atomic E-state index is 0.00279. The SMILES string of the molecule is CCN(CC)CCCC(C)NC1C(F)CC2C(=O)C(C(=O)N3CCOCC3)=CN3C4CC5CCCCC5CC4OC1C23. The highest BCUT2D eigenvalue weighted by molar-refractivity contribution is 6.20. The molecule has 2 saturated heterocycles. The van der Waals surface area contributed by atoms with E-state index in [9.17, 15) is 9.59 Å². The van der Waals surface area contributed by atoms with Crippen LogP contribution in [0.4, 0.5) is 4.39 Å². The highest BCUT2D eigenvalue weighted by Crippen LogP contribution is 2.50. The maximum absolute atomic E-state index is 16.2. The van der Waals surface area contributed by atoms with Crippen molar-refractivity contribution < 1.29 is 23.5 Å². The molecule has 3 aliphatic heterocycles. The lowest BCUT2D eigenvalue weighted by Gasteiger charge is -2.61. The number of ether oxygens (including phenoxy) is 2. The topological polar surface area (TPSA) is 74.4 Å². The van der Waals surface area contributed by atoms with E-state index < -0.39 is 24.2 Å². The Morgan fingerprint density at radius 2 is 1.83 bits per heavy atom. The van der Waals surface area contributed by atoms with Crippen molar-refractivity contribution in [1.29, 1.82) is 0 Å². The van der Waals surface area contributed by atoms with E-state index in [1.807, 2.05) is 6.20 Å². The monoisotopic (exact) mass is 588 g/mol. The van der Waals surface area contributed by atoms with E-state index in [0.717, 1.165) is 45.3 Å². The molecule has 5 fully saturated rings. The number of alkyl halides is 1. The average molecular weight is 589 g/mol. The second-order valence-electron chi connectivity index (χ2n) is 13.9. The van der Waals surface area contributed by atoms with Crippen LogP contribution < -0.4 is 5.32 Å². The lowest BCUT2D eigenvalue weighted by molar-refractivity contribution is -0.209. The van der Waals surface area contributed by atoms with Crippen LogP contribution in [-0.2, 0) is 19.1 Å². The molecule has 0 aromatic rings. The van der Waals surface area contributed by atoms with Gasteiger partial charge in [0.05, 0.1) is 49.1 Å². The summed E-state index contributed by atoms with van der Waals surface area (Å²) in [6, 6.07) is -0.401. The molecular weight excluding hydrogens is 535 g/mol. The molecule has 8 nitrogen and oxygen atoms in total. The summed E-state index contributed by atoms with van der Waals surface area (Å²) in [5, 5.41) is 3.65. The Hall–Kier alpha value is -1.55. The molecule has 1 amide bonds. The van der Waals surface area contributed by atoms with Gasteiger partial charge in [0.25, 0.3) is 5.91 Å². The van der Waals surface area contributed by atoms with E-state index in [4.69, 9.17) is 9.47 Å². The van der Waals surface area contributed by atoms with Gasteiger partial charge in [-0.25, -0.2) is 4.39 Å². The van der Waals surface area contributed by atoms with Crippen LogP contribution in [0.1, 0.15) is 78.6 Å². The van der Waals surface area contributed by atoms with Crippen molar-refractivity contribution in [2.45, 2.75) is 121 Å². The summed E-state index contributed by atoms with van der Waals surface area (Å²) in [7, 11) is 0. The fraction of sp³-hybridized carbons (Fsp3) is 0.879. The fourth-order valence-electron chi connectivity index (χ4n) is 9.15. The normalized spacial score (nSPS) is 38.8. The smallest absolute Gasteiger partial charge is 0.259 e.